The van der Waals surface area contributed by atoms with Crippen LogP contribution in [0.25, 0.3) is 21.0 Å². The average Bonchev–Trinajstić information content (AvgIpc) is 3.11. The molecule has 0 aliphatic carbocycles. The van der Waals surface area contributed by atoms with Gasteiger partial charge in [-0.1, -0.05) is 36.4 Å². The zero-order valence-corrected chi connectivity index (χ0v) is 14.0. The van der Waals surface area contributed by atoms with E-state index in [1.165, 1.54) is 22.2 Å². The summed E-state index contributed by atoms with van der Waals surface area (Å²) < 4.78 is 6.93. The minimum absolute atomic E-state index is 0.0977. The molecule has 0 amide bonds. The summed E-state index contributed by atoms with van der Waals surface area (Å²) in [5, 5.41) is 4.31. The zero-order valence-electron chi connectivity index (χ0n) is 13.2. The maximum absolute atomic E-state index is 12.3. The van der Waals surface area contributed by atoms with Crippen LogP contribution in [0, 0.1) is 0 Å². The van der Waals surface area contributed by atoms with E-state index in [2.05, 4.69) is 4.98 Å². The third-order valence-corrected chi connectivity index (χ3v) is 4.80. The van der Waals surface area contributed by atoms with Gasteiger partial charge in [-0.3, -0.25) is 14.2 Å². The largest absolute Gasteiger partial charge is 0.426 e. The highest BCUT2D eigenvalue weighted by Gasteiger charge is 2.10. The number of aryl methyl sites for hydroxylation is 1. The molecule has 0 fully saturated rings. The van der Waals surface area contributed by atoms with Crippen molar-refractivity contribution in [3.8, 4) is 5.75 Å². The first kappa shape index (κ1) is 15.5. The lowest BCUT2D eigenvalue weighted by Crippen LogP contribution is -2.22. The minimum Gasteiger partial charge on any atom is -0.426 e. The first-order chi connectivity index (χ1) is 12.2. The van der Waals surface area contributed by atoms with Crippen molar-refractivity contribution in [1.29, 1.82) is 0 Å². The van der Waals surface area contributed by atoms with Gasteiger partial charge in [-0.15, -0.1) is 11.3 Å². The molecule has 4 rings (SSSR count). The Morgan fingerprint density at radius 1 is 1.08 bits per heavy atom. The maximum Gasteiger partial charge on any atom is 0.313 e. The Balaban J connectivity index is 1.50. The first-order valence-corrected chi connectivity index (χ1v) is 8.71. The van der Waals surface area contributed by atoms with Gasteiger partial charge in [0.1, 0.15) is 10.6 Å². The van der Waals surface area contributed by atoms with Crippen molar-refractivity contribution in [1.82, 2.24) is 9.55 Å². The van der Waals surface area contributed by atoms with E-state index in [4.69, 9.17) is 4.74 Å². The van der Waals surface area contributed by atoms with Crippen LogP contribution in [0.3, 0.4) is 0 Å². The van der Waals surface area contributed by atoms with Crippen molar-refractivity contribution in [2.75, 3.05) is 0 Å². The Hall–Kier alpha value is -2.99. The van der Waals surface area contributed by atoms with E-state index >= 15 is 0 Å². The molecule has 2 aromatic heterocycles. The molecule has 0 aliphatic heterocycles. The molecule has 0 unspecified atom stereocenters. The number of benzene rings is 2. The van der Waals surface area contributed by atoms with Crippen molar-refractivity contribution in [2.24, 2.45) is 0 Å². The Morgan fingerprint density at radius 2 is 1.92 bits per heavy atom. The van der Waals surface area contributed by atoms with E-state index in [0.717, 1.165) is 10.8 Å². The number of rotatable bonds is 4. The number of hydrogen-bond acceptors (Lipinski definition) is 5. The molecule has 0 atom stereocenters. The summed E-state index contributed by atoms with van der Waals surface area (Å²) >= 11 is 1.42. The van der Waals surface area contributed by atoms with E-state index in [9.17, 15) is 9.59 Å². The highest BCUT2D eigenvalue weighted by molar-refractivity contribution is 7.16. The average molecular weight is 350 g/mol. The van der Waals surface area contributed by atoms with Gasteiger partial charge in [0.2, 0.25) is 0 Å². The second kappa shape index (κ2) is 6.49. The summed E-state index contributed by atoms with van der Waals surface area (Å²) in [6.07, 6.45) is 1.58. The summed E-state index contributed by atoms with van der Waals surface area (Å²) in [6, 6.07) is 15.1. The Bertz CT molecular complexity index is 1120. The fraction of sp³-hybridized carbons (Fsp3) is 0.105. The summed E-state index contributed by atoms with van der Waals surface area (Å²) in [5.74, 6) is 0.149. The molecule has 25 heavy (non-hydrogen) atoms. The van der Waals surface area contributed by atoms with Gasteiger partial charge in [0.05, 0.1) is 18.1 Å². The molecule has 0 N–H and O–H groups in total. The third kappa shape index (κ3) is 3.04. The van der Waals surface area contributed by atoms with E-state index in [0.29, 0.717) is 16.0 Å². The monoisotopic (exact) mass is 350 g/mol. The predicted molar refractivity (Wildman–Crippen MR) is 98.1 cm³/mol. The Labute approximate surface area is 147 Å². The quantitative estimate of drug-likeness (QED) is 0.417. The topological polar surface area (TPSA) is 61.2 Å². The number of carbonyl (C=O) groups excluding carboxylic acids is 1. The molecule has 6 heteroatoms. The molecule has 2 heterocycles. The number of nitrogens with zero attached hydrogens (tertiary/aromatic N) is 2. The molecule has 0 spiro atoms. The number of thiophene rings is 1. The molecular weight excluding hydrogens is 336 g/mol. The van der Waals surface area contributed by atoms with Crippen LogP contribution >= 0.6 is 11.3 Å². The van der Waals surface area contributed by atoms with Crippen molar-refractivity contribution in [3.05, 3.63) is 70.6 Å². The predicted octanol–water partition coefficient (Wildman–Crippen LogP) is 3.61. The number of carbonyl (C=O) groups is 1. The molecule has 4 aromatic rings. The van der Waals surface area contributed by atoms with Crippen molar-refractivity contribution in [3.63, 3.8) is 0 Å². The highest BCUT2D eigenvalue weighted by Crippen LogP contribution is 2.25. The standard InChI is InChI=1S/C19H14N2O3S/c22-17(24-16-7-3-5-13-4-1-2-6-14(13)16)8-10-21-12-20-18-15(19(21)23)9-11-25-18/h1-7,9,11-12H,8,10H2. The van der Waals surface area contributed by atoms with Gasteiger partial charge in [-0.2, -0.15) is 0 Å². The van der Waals surface area contributed by atoms with Crippen molar-refractivity contribution in [2.45, 2.75) is 13.0 Å². The smallest absolute Gasteiger partial charge is 0.313 e. The number of aromatic nitrogens is 2. The second-order valence-electron chi connectivity index (χ2n) is 5.58. The van der Waals surface area contributed by atoms with Crippen LogP contribution in [-0.2, 0) is 11.3 Å². The zero-order chi connectivity index (χ0) is 17.2. The lowest BCUT2D eigenvalue weighted by molar-refractivity contribution is -0.134. The molecule has 2 aromatic carbocycles. The molecule has 0 aliphatic rings. The SMILES string of the molecule is O=C(CCn1cnc2sccc2c1=O)Oc1cccc2ccccc12. The molecule has 0 saturated heterocycles. The summed E-state index contributed by atoms with van der Waals surface area (Å²) in [7, 11) is 0. The fourth-order valence-electron chi connectivity index (χ4n) is 2.72. The molecular formula is C19H14N2O3S. The van der Waals surface area contributed by atoms with Crippen LogP contribution < -0.4 is 10.3 Å². The van der Waals surface area contributed by atoms with Gasteiger partial charge in [0.25, 0.3) is 5.56 Å². The van der Waals surface area contributed by atoms with E-state index in [-0.39, 0.29) is 24.5 Å². The molecule has 0 saturated carbocycles. The second-order valence-corrected chi connectivity index (χ2v) is 6.48. The fourth-order valence-corrected chi connectivity index (χ4v) is 3.45. The number of ether oxygens (including phenoxy) is 1. The lowest BCUT2D eigenvalue weighted by atomic mass is 10.1. The van der Waals surface area contributed by atoms with Crippen LogP contribution in [0.15, 0.2) is 65.0 Å². The maximum atomic E-state index is 12.3. The van der Waals surface area contributed by atoms with Gasteiger partial charge < -0.3 is 4.74 Å². The third-order valence-electron chi connectivity index (χ3n) is 3.98. The molecule has 0 radical (unpaired) electrons. The highest BCUT2D eigenvalue weighted by atomic mass is 32.1. The Morgan fingerprint density at radius 3 is 2.84 bits per heavy atom. The first-order valence-electron chi connectivity index (χ1n) is 7.83. The van der Waals surface area contributed by atoms with Crippen LogP contribution in [0.4, 0.5) is 0 Å². The van der Waals surface area contributed by atoms with E-state index in [1.807, 2.05) is 41.8 Å². The Kier molecular flexibility index (Phi) is 4.03. The van der Waals surface area contributed by atoms with Crippen LogP contribution in [-0.4, -0.2) is 15.5 Å². The number of hydrogen-bond donors (Lipinski definition) is 0. The van der Waals surface area contributed by atoms with Crippen molar-refractivity contribution >= 4 is 38.3 Å². The van der Waals surface area contributed by atoms with Gasteiger partial charge in [0.15, 0.2) is 0 Å². The summed E-state index contributed by atoms with van der Waals surface area (Å²) in [6.45, 7) is 0.237. The van der Waals surface area contributed by atoms with Crippen LogP contribution in [0.1, 0.15) is 6.42 Å². The van der Waals surface area contributed by atoms with Gasteiger partial charge in [-0.25, -0.2) is 4.98 Å². The van der Waals surface area contributed by atoms with Crippen LogP contribution in [0.2, 0.25) is 0 Å². The molecule has 5 nitrogen and oxygen atoms in total. The number of fused-ring (bicyclic) bond motifs is 2. The van der Waals surface area contributed by atoms with E-state index in [1.54, 1.807) is 12.1 Å². The van der Waals surface area contributed by atoms with Gasteiger partial charge in [-0.05, 0) is 22.9 Å². The van der Waals surface area contributed by atoms with Gasteiger partial charge in [0, 0.05) is 11.9 Å². The molecule has 0 bridgehead atoms. The van der Waals surface area contributed by atoms with Gasteiger partial charge >= 0.3 is 5.97 Å². The number of esters is 1. The lowest BCUT2D eigenvalue weighted by Gasteiger charge is -2.08. The van der Waals surface area contributed by atoms with E-state index < -0.39 is 0 Å². The minimum atomic E-state index is -0.381. The molecule has 124 valence electrons. The summed E-state index contributed by atoms with van der Waals surface area (Å²) in [5.41, 5.74) is -0.135. The normalized spacial score (nSPS) is 11.0. The van der Waals surface area contributed by atoms with Crippen molar-refractivity contribution < 1.29 is 9.53 Å². The summed E-state index contributed by atoms with van der Waals surface area (Å²) in [4.78, 5) is 29.5. The van der Waals surface area contributed by atoms with Crippen LogP contribution in [0.5, 0.6) is 5.75 Å².